The van der Waals surface area contributed by atoms with Gasteiger partial charge in [0.05, 0.1) is 11.5 Å². The molecule has 4 heterocycles. The first-order valence-electron chi connectivity index (χ1n) is 14.0. The number of anilines is 1. The lowest BCUT2D eigenvalue weighted by Crippen LogP contribution is -2.45. The van der Waals surface area contributed by atoms with Gasteiger partial charge in [0.15, 0.2) is 0 Å². The molecule has 0 radical (unpaired) electrons. The molecule has 0 unspecified atom stereocenters. The van der Waals surface area contributed by atoms with Gasteiger partial charge in [-0.15, -0.1) is 0 Å². The highest BCUT2D eigenvalue weighted by molar-refractivity contribution is 7.89. The normalized spacial score (nSPS) is 18.8. The third-order valence-electron chi connectivity index (χ3n) is 8.21. The molecular formula is C28H38N6O5S2. The second-order valence-corrected chi connectivity index (χ2v) is 15.8. The lowest BCUT2D eigenvalue weighted by Gasteiger charge is -2.33. The summed E-state index contributed by atoms with van der Waals surface area (Å²) in [5, 5.41) is 3.62. The fraction of sp³-hybridized carbons (Fsp3) is 0.536. The summed E-state index contributed by atoms with van der Waals surface area (Å²) in [5.41, 5.74) is 2.72. The molecule has 0 atom stereocenters. The van der Waals surface area contributed by atoms with Crippen molar-refractivity contribution in [3.05, 3.63) is 52.4 Å². The second-order valence-electron chi connectivity index (χ2n) is 11.3. The van der Waals surface area contributed by atoms with E-state index in [-0.39, 0.29) is 17.6 Å². The summed E-state index contributed by atoms with van der Waals surface area (Å²) in [5.74, 6) is 0.382. The summed E-state index contributed by atoms with van der Waals surface area (Å²) in [6.07, 6.45) is 5.16. The molecule has 0 bridgehead atoms. The van der Waals surface area contributed by atoms with E-state index in [0.29, 0.717) is 69.0 Å². The van der Waals surface area contributed by atoms with E-state index in [4.69, 9.17) is 4.98 Å². The van der Waals surface area contributed by atoms with E-state index in [9.17, 15) is 21.6 Å². The zero-order valence-corrected chi connectivity index (χ0v) is 25.6. The average Bonchev–Trinajstić information content (AvgIpc) is 2.93. The number of aromatic nitrogens is 3. The van der Waals surface area contributed by atoms with Gasteiger partial charge in [-0.25, -0.2) is 30.4 Å². The van der Waals surface area contributed by atoms with Crippen LogP contribution in [-0.2, 0) is 20.0 Å². The molecule has 2 saturated heterocycles. The number of rotatable bonds is 7. The van der Waals surface area contributed by atoms with Crippen molar-refractivity contribution < 1.29 is 16.8 Å². The molecule has 11 nitrogen and oxygen atoms in total. The minimum atomic E-state index is -3.31. The van der Waals surface area contributed by atoms with E-state index in [0.717, 1.165) is 16.5 Å². The smallest absolute Gasteiger partial charge is 0.260 e. The van der Waals surface area contributed by atoms with Gasteiger partial charge in [0.25, 0.3) is 5.56 Å². The monoisotopic (exact) mass is 602 g/mol. The number of nitrogens with one attached hydrogen (secondary N) is 1. The molecular weight excluding hydrogens is 564 g/mol. The predicted octanol–water partition coefficient (Wildman–Crippen LogP) is 2.98. The van der Waals surface area contributed by atoms with Crippen LogP contribution in [0.1, 0.15) is 51.1 Å². The number of pyridine rings is 1. The van der Waals surface area contributed by atoms with E-state index in [1.807, 2.05) is 37.3 Å². The third kappa shape index (κ3) is 6.04. The minimum Gasteiger partial charge on any atom is -0.351 e. The van der Waals surface area contributed by atoms with E-state index < -0.39 is 25.3 Å². The van der Waals surface area contributed by atoms with Gasteiger partial charge in [-0.05, 0) is 63.6 Å². The highest BCUT2D eigenvalue weighted by atomic mass is 32.2. The van der Waals surface area contributed by atoms with Gasteiger partial charge in [0.2, 0.25) is 26.0 Å². The van der Waals surface area contributed by atoms with Crippen LogP contribution in [0.5, 0.6) is 0 Å². The Labute approximate surface area is 241 Å². The van der Waals surface area contributed by atoms with Crippen LogP contribution in [0, 0.1) is 6.92 Å². The molecule has 1 N–H and O–H groups in total. The highest BCUT2D eigenvalue weighted by Gasteiger charge is 2.31. The molecule has 2 aliphatic rings. The molecule has 2 fully saturated rings. The maximum absolute atomic E-state index is 14.1. The van der Waals surface area contributed by atoms with Crippen LogP contribution < -0.4 is 10.9 Å². The summed E-state index contributed by atoms with van der Waals surface area (Å²) in [6, 6.07) is 9.34. The molecule has 222 valence electrons. The number of hydrogen-bond donors (Lipinski definition) is 1. The Kier molecular flexibility index (Phi) is 8.25. The Balaban J connectivity index is 1.49. The molecule has 13 heteroatoms. The van der Waals surface area contributed by atoms with Crippen LogP contribution >= 0.6 is 0 Å². The summed E-state index contributed by atoms with van der Waals surface area (Å²) < 4.78 is 54.1. The number of fused-ring (bicyclic) bond motifs is 1. The number of benzene rings is 1. The van der Waals surface area contributed by atoms with Crippen LogP contribution in [-0.4, -0.2) is 83.7 Å². The van der Waals surface area contributed by atoms with E-state index >= 15 is 0 Å². The summed E-state index contributed by atoms with van der Waals surface area (Å²) in [6.45, 7) is 6.87. The van der Waals surface area contributed by atoms with Gasteiger partial charge < -0.3 is 5.32 Å². The molecule has 0 spiro atoms. The number of sulfonamides is 2. The second kappa shape index (κ2) is 11.4. The van der Waals surface area contributed by atoms with Crippen LogP contribution in [0.2, 0.25) is 0 Å². The zero-order chi connectivity index (χ0) is 29.5. The molecule has 2 aliphatic heterocycles. The molecule has 3 aromatic rings. The van der Waals surface area contributed by atoms with Crippen molar-refractivity contribution in [3.63, 3.8) is 0 Å². The molecule has 2 aromatic heterocycles. The molecule has 41 heavy (non-hydrogen) atoms. The van der Waals surface area contributed by atoms with E-state index in [1.54, 1.807) is 28.9 Å². The van der Waals surface area contributed by atoms with Crippen molar-refractivity contribution in [3.8, 4) is 11.1 Å². The number of piperidine rings is 2. The van der Waals surface area contributed by atoms with Crippen molar-refractivity contribution in [2.45, 2.75) is 63.8 Å². The number of hydrogen-bond acceptors (Lipinski definition) is 8. The lowest BCUT2D eigenvalue weighted by atomic mass is 9.99. The van der Waals surface area contributed by atoms with Gasteiger partial charge in [0.1, 0.15) is 5.65 Å². The van der Waals surface area contributed by atoms with Gasteiger partial charge in [0, 0.05) is 55.4 Å². The fourth-order valence-corrected chi connectivity index (χ4v) is 7.95. The number of nitrogens with zero attached hydrogens (tertiary/aromatic N) is 5. The molecule has 1 aromatic carbocycles. The minimum absolute atomic E-state index is 0.00419. The van der Waals surface area contributed by atoms with Gasteiger partial charge in [-0.2, -0.15) is 4.98 Å². The first kappa shape index (κ1) is 29.6. The predicted molar refractivity (Wildman–Crippen MR) is 161 cm³/mol. The summed E-state index contributed by atoms with van der Waals surface area (Å²) >= 11 is 0. The highest BCUT2D eigenvalue weighted by Crippen LogP contribution is 2.30. The van der Waals surface area contributed by atoms with Crippen molar-refractivity contribution in [1.82, 2.24) is 23.1 Å². The van der Waals surface area contributed by atoms with E-state index in [2.05, 4.69) is 10.3 Å². The van der Waals surface area contributed by atoms with Crippen molar-refractivity contribution in [2.24, 2.45) is 0 Å². The van der Waals surface area contributed by atoms with Crippen LogP contribution in [0.25, 0.3) is 22.2 Å². The van der Waals surface area contributed by atoms with Crippen LogP contribution in [0.15, 0.2) is 41.3 Å². The van der Waals surface area contributed by atoms with Gasteiger partial charge in [-0.3, -0.25) is 9.36 Å². The zero-order valence-electron chi connectivity index (χ0n) is 23.9. The Morgan fingerprint density at radius 1 is 0.927 bits per heavy atom. The first-order chi connectivity index (χ1) is 19.4. The molecule has 5 rings (SSSR count). The van der Waals surface area contributed by atoms with Crippen LogP contribution in [0.3, 0.4) is 0 Å². The van der Waals surface area contributed by atoms with Gasteiger partial charge >= 0.3 is 0 Å². The molecule has 0 aliphatic carbocycles. The van der Waals surface area contributed by atoms with E-state index in [1.165, 1.54) is 10.6 Å². The van der Waals surface area contributed by atoms with Gasteiger partial charge in [-0.1, -0.05) is 24.3 Å². The first-order valence-corrected chi connectivity index (χ1v) is 17.4. The summed E-state index contributed by atoms with van der Waals surface area (Å²) in [4.78, 5) is 23.4. The molecule has 0 saturated carbocycles. The Morgan fingerprint density at radius 3 is 2.17 bits per heavy atom. The standard InChI is InChI=1S/C28H38N6O5S2/c1-19(2)41(38,39)33-13-9-22(10-14-33)30-28-29-18-21-17-25(24-8-6-5-7-20(24)3)27(35)34(26(21)31-28)23-11-15-32(16-12-23)40(4,36)37/h5-8,17-19,22-23H,9-16H2,1-4H3,(H,29,30,31). The van der Waals surface area contributed by atoms with Crippen molar-refractivity contribution in [1.29, 1.82) is 0 Å². The quantitative estimate of drug-likeness (QED) is 0.436. The van der Waals surface area contributed by atoms with Crippen molar-refractivity contribution in [2.75, 3.05) is 37.8 Å². The SMILES string of the molecule is Cc1ccccc1-c1cc2cnc(NC3CCN(S(=O)(=O)C(C)C)CC3)nc2n(C2CCN(S(C)(=O)=O)CC2)c1=O. The Hall–Kier alpha value is -2.87. The largest absolute Gasteiger partial charge is 0.351 e. The topological polar surface area (TPSA) is 135 Å². The van der Waals surface area contributed by atoms with Crippen LogP contribution in [0.4, 0.5) is 5.95 Å². The Morgan fingerprint density at radius 2 is 1.56 bits per heavy atom. The third-order valence-corrected chi connectivity index (χ3v) is 11.8. The Bertz CT molecular complexity index is 1710. The molecule has 0 amide bonds. The maximum Gasteiger partial charge on any atom is 0.260 e. The average molecular weight is 603 g/mol. The summed E-state index contributed by atoms with van der Waals surface area (Å²) in [7, 11) is -6.61. The van der Waals surface area contributed by atoms with Crippen molar-refractivity contribution >= 4 is 37.0 Å². The maximum atomic E-state index is 14.1. The lowest BCUT2D eigenvalue weighted by molar-refractivity contribution is 0.275. The number of aryl methyl sites for hydroxylation is 1. The fourth-order valence-electron chi connectivity index (χ4n) is 5.76.